The van der Waals surface area contributed by atoms with Crippen molar-refractivity contribution in [3.63, 3.8) is 0 Å². The molecule has 0 saturated carbocycles. The first-order valence-electron chi connectivity index (χ1n) is 9.89. The quantitative estimate of drug-likeness (QED) is 0.204. The van der Waals surface area contributed by atoms with Crippen molar-refractivity contribution in [1.29, 1.82) is 0 Å². The van der Waals surface area contributed by atoms with Crippen LogP contribution in [-0.4, -0.2) is 15.8 Å². The average Bonchev–Trinajstić information content (AvgIpc) is 3.48. The zero-order valence-corrected chi connectivity index (χ0v) is 18.6. The van der Waals surface area contributed by atoms with Gasteiger partial charge in [-0.05, 0) is 48.5 Å². The standard InChI is InChI=1S/C24H13Cl2N3O5/c25-17-6-4-14(11-18(17)26)24-28-19-12-15(5-7-21(19)34-24)27-23(30)22-9-8-20(33-22)13-2-1-3-16(10-13)29(31)32/h1-12H,(H,27,30). The van der Waals surface area contributed by atoms with Gasteiger partial charge >= 0.3 is 0 Å². The van der Waals surface area contributed by atoms with E-state index in [0.29, 0.717) is 49.6 Å². The fourth-order valence-corrected chi connectivity index (χ4v) is 3.64. The van der Waals surface area contributed by atoms with Crippen LogP contribution in [0.15, 0.2) is 81.6 Å². The number of furan rings is 1. The Balaban J connectivity index is 1.36. The third kappa shape index (κ3) is 4.24. The third-order valence-electron chi connectivity index (χ3n) is 4.98. The maximum atomic E-state index is 12.7. The Morgan fingerprint density at radius 1 is 0.912 bits per heavy atom. The minimum atomic E-state index is -0.493. The van der Waals surface area contributed by atoms with Gasteiger partial charge in [-0.2, -0.15) is 0 Å². The van der Waals surface area contributed by atoms with Crippen molar-refractivity contribution >= 4 is 51.6 Å². The lowest BCUT2D eigenvalue weighted by Gasteiger charge is -2.02. The highest BCUT2D eigenvalue weighted by atomic mass is 35.5. The van der Waals surface area contributed by atoms with Crippen LogP contribution in [0.25, 0.3) is 33.9 Å². The first kappa shape index (κ1) is 21.7. The molecule has 10 heteroatoms. The number of hydrogen-bond donors (Lipinski definition) is 1. The number of oxazole rings is 1. The number of nitrogens with one attached hydrogen (secondary N) is 1. The lowest BCUT2D eigenvalue weighted by atomic mass is 10.1. The minimum absolute atomic E-state index is 0.0539. The first-order valence-corrected chi connectivity index (χ1v) is 10.6. The van der Waals surface area contributed by atoms with E-state index in [9.17, 15) is 14.9 Å². The number of anilines is 1. The summed E-state index contributed by atoms with van der Waals surface area (Å²) in [5.41, 5.74) is 2.65. The highest BCUT2D eigenvalue weighted by Gasteiger charge is 2.16. The molecule has 5 rings (SSSR count). The molecular formula is C24H13Cl2N3O5. The van der Waals surface area contributed by atoms with Gasteiger partial charge in [-0.1, -0.05) is 35.3 Å². The second kappa shape index (κ2) is 8.66. The number of nitrogens with zero attached hydrogens (tertiary/aromatic N) is 2. The van der Waals surface area contributed by atoms with Gasteiger partial charge in [0.2, 0.25) is 5.89 Å². The Kier molecular flexibility index (Phi) is 5.53. The SMILES string of the molecule is O=C(Nc1ccc2oc(-c3ccc(Cl)c(Cl)c3)nc2c1)c1ccc(-c2cccc([N+](=O)[O-])c2)o1. The number of nitro benzene ring substituents is 1. The van der Waals surface area contributed by atoms with E-state index in [1.807, 2.05) is 0 Å². The Morgan fingerprint density at radius 2 is 1.76 bits per heavy atom. The van der Waals surface area contributed by atoms with Gasteiger partial charge in [0.1, 0.15) is 11.3 Å². The van der Waals surface area contributed by atoms with Gasteiger partial charge in [0.15, 0.2) is 11.3 Å². The van der Waals surface area contributed by atoms with Crippen LogP contribution in [0.5, 0.6) is 0 Å². The molecule has 0 aliphatic carbocycles. The van der Waals surface area contributed by atoms with Crippen LogP contribution >= 0.6 is 23.2 Å². The van der Waals surface area contributed by atoms with E-state index in [-0.39, 0.29) is 11.4 Å². The summed E-state index contributed by atoms with van der Waals surface area (Å²) in [4.78, 5) is 27.6. The van der Waals surface area contributed by atoms with E-state index >= 15 is 0 Å². The second-order valence-corrected chi connectivity index (χ2v) is 8.07. The van der Waals surface area contributed by atoms with Crippen LogP contribution in [0.1, 0.15) is 10.6 Å². The normalized spacial score (nSPS) is 11.0. The second-order valence-electron chi connectivity index (χ2n) is 7.26. The summed E-state index contributed by atoms with van der Waals surface area (Å²) in [6.45, 7) is 0. The summed E-state index contributed by atoms with van der Waals surface area (Å²) in [6.07, 6.45) is 0. The third-order valence-corrected chi connectivity index (χ3v) is 5.72. The molecule has 0 fully saturated rings. The minimum Gasteiger partial charge on any atom is -0.451 e. The van der Waals surface area contributed by atoms with E-state index in [1.165, 1.54) is 18.2 Å². The van der Waals surface area contributed by atoms with Gasteiger partial charge in [0.25, 0.3) is 11.6 Å². The fourth-order valence-electron chi connectivity index (χ4n) is 3.34. The number of non-ortho nitro benzene ring substituents is 1. The van der Waals surface area contributed by atoms with Gasteiger partial charge in [0.05, 0.1) is 15.0 Å². The maximum absolute atomic E-state index is 12.7. The summed E-state index contributed by atoms with van der Waals surface area (Å²) in [7, 11) is 0. The van der Waals surface area contributed by atoms with Crippen molar-refractivity contribution in [3.05, 3.63) is 98.7 Å². The summed E-state index contributed by atoms with van der Waals surface area (Å²) in [6, 6.07) is 19.2. The number of aromatic nitrogens is 1. The van der Waals surface area contributed by atoms with Gasteiger partial charge in [-0.25, -0.2) is 4.98 Å². The van der Waals surface area contributed by atoms with Crippen molar-refractivity contribution in [1.82, 2.24) is 4.98 Å². The monoisotopic (exact) mass is 493 g/mol. The van der Waals surface area contributed by atoms with Crippen LogP contribution < -0.4 is 5.32 Å². The molecule has 1 amide bonds. The predicted octanol–water partition coefficient (Wildman–Crippen LogP) is 7.22. The number of carbonyl (C=O) groups excluding carboxylic acids is 1. The van der Waals surface area contributed by atoms with Crippen LogP contribution in [0, 0.1) is 10.1 Å². The highest BCUT2D eigenvalue weighted by Crippen LogP contribution is 2.31. The summed E-state index contributed by atoms with van der Waals surface area (Å²) < 4.78 is 11.4. The topological polar surface area (TPSA) is 111 Å². The average molecular weight is 494 g/mol. The number of benzene rings is 3. The molecule has 0 bridgehead atoms. The molecule has 0 saturated heterocycles. The molecule has 0 unspecified atom stereocenters. The molecule has 2 heterocycles. The summed E-state index contributed by atoms with van der Waals surface area (Å²) in [5.74, 6) is 0.277. The lowest BCUT2D eigenvalue weighted by Crippen LogP contribution is -2.10. The van der Waals surface area contributed by atoms with E-state index in [1.54, 1.807) is 54.6 Å². The number of carbonyl (C=O) groups is 1. The predicted molar refractivity (Wildman–Crippen MR) is 128 cm³/mol. The molecule has 34 heavy (non-hydrogen) atoms. The Hall–Kier alpha value is -4.14. The molecule has 168 valence electrons. The lowest BCUT2D eigenvalue weighted by molar-refractivity contribution is -0.384. The van der Waals surface area contributed by atoms with Crippen molar-refractivity contribution in [2.75, 3.05) is 5.32 Å². The largest absolute Gasteiger partial charge is 0.451 e. The van der Waals surface area contributed by atoms with Gasteiger partial charge in [-0.15, -0.1) is 0 Å². The molecule has 5 aromatic rings. The van der Waals surface area contributed by atoms with E-state index < -0.39 is 10.8 Å². The van der Waals surface area contributed by atoms with Crippen molar-refractivity contribution < 1.29 is 18.6 Å². The molecular weight excluding hydrogens is 481 g/mol. The molecule has 0 radical (unpaired) electrons. The van der Waals surface area contributed by atoms with Crippen molar-refractivity contribution in [3.8, 4) is 22.8 Å². The number of halogens is 2. The van der Waals surface area contributed by atoms with Gasteiger partial charge in [-0.3, -0.25) is 14.9 Å². The molecule has 2 aromatic heterocycles. The zero-order chi connectivity index (χ0) is 23.8. The Bertz CT molecular complexity index is 1570. The van der Waals surface area contributed by atoms with Crippen LogP contribution in [0.3, 0.4) is 0 Å². The van der Waals surface area contributed by atoms with Crippen LogP contribution in [0.2, 0.25) is 10.0 Å². The van der Waals surface area contributed by atoms with Crippen molar-refractivity contribution in [2.45, 2.75) is 0 Å². The highest BCUT2D eigenvalue weighted by molar-refractivity contribution is 6.42. The molecule has 1 N–H and O–H groups in total. The smallest absolute Gasteiger partial charge is 0.291 e. The van der Waals surface area contributed by atoms with E-state index in [4.69, 9.17) is 32.0 Å². The Morgan fingerprint density at radius 3 is 2.56 bits per heavy atom. The number of fused-ring (bicyclic) bond motifs is 1. The van der Waals surface area contributed by atoms with E-state index in [0.717, 1.165) is 0 Å². The molecule has 3 aromatic carbocycles. The number of hydrogen-bond acceptors (Lipinski definition) is 6. The summed E-state index contributed by atoms with van der Waals surface area (Å²) in [5, 5.41) is 14.6. The first-order chi connectivity index (χ1) is 16.4. The van der Waals surface area contributed by atoms with Gasteiger partial charge in [0, 0.05) is 28.9 Å². The van der Waals surface area contributed by atoms with Gasteiger partial charge < -0.3 is 14.2 Å². The molecule has 0 atom stereocenters. The number of amides is 1. The summed E-state index contributed by atoms with van der Waals surface area (Å²) >= 11 is 12.0. The molecule has 0 aliphatic rings. The molecule has 8 nitrogen and oxygen atoms in total. The van der Waals surface area contributed by atoms with Crippen LogP contribution in [0.4, 0.5) is 11.4 Å². The molecule has 0 spiro atoms. The number of nitro groups is 1. The fraction of sp³-hybridized carbons (Fsp3) is 0. The van der Waals surface area contributed by atoms with Crippen LogP contribution in [-0.2, 0) is 0 Å². The Labute approximate surface area is 201 Å². The zero-order valence-electron chi connectivity index (χ0n) is 17.1. The number of rotatable bonds is 5. The molecule has 0 aliphatic heterocycles. The van der Waals surface area contributed by atoms with E-state index in [2.05, 4.69) is 10.3 Å². The maximum Gasteiger partial charge on any atom is 0.291 e. The van der Waals surface area contributed by atoms with Crippen molar-refractivity contribution in [2.24, 2.45) is 0 Å².